The van der Waals surface area contributed by atoms with Gasteiger partial charge >= 0.3 is 0 Å². The summed E-state index contributed by atoms with van der Waals surface area (Å²) in [5.74, 6) is -0.787. The van der Waals surface area contributed by atoms with Crippen LogP contribution in [0.25, 0.3) is 0 Å². The number of nitrogens with zero attached hydrogens (tertiary/aromatic N) is 4. The van der Waals surface area contributed by atoms with Gasteiger partial charge in [0, 0.05) is 11.6 Å². The molecule has 9 heteroatoms. The lowest BCUT2D eigenvalue weighted by molar-refractivity contribution is -0.00544. The number of amides is 1. The number of aromatic amines is 1. The van der Waals surface area contributed by atoms with Crippen LogP contribution in [0.4, 0.5) is 4.39 Å². The van der Waals surface area contributed by atoms with E-state index in [1.165, 1.54) is 17.0 Å². The van der Waals surface area contributed by atoms with Crippen molar-refractivity contribution in [1.82, 2.24) is 25.5 Å². The molecule has 1 aromatic heterocycles. The predicted octanol–water partition coefficient (Wildman–Crippen LogP) is 1.21. The van der Waals surface area contributed by atoms with Gasteiger partial charge in [0.15, 0.2) is 5.82 Å². The maximum Gasteiger partial charge on any atom is 0.257 e. The lowest BCUT2D eigenvalue weighted by atomic mass is 10.1. The molecule has 2 aromatic rings. The highest BCUT2D eigenvalue weighted by molar-refractivity contribution is 6.30. The molecule has 1 atom stereocenters. The summed E-state index contributed by atoms with van der Waals surface area (Å²) >= 11 is 5.70. The molecule has 2 heterocycles. The van der Waals surface area contributed by atoms with E-state index >= 15 is 0 Å². The Kier molecular flexibility index (Phi) is 3.80. The highest BCUT2D eigenvalue weighted by Gasteiger charge is 2.33. The van der Waals surface area contributed by atoms with Crippen LogP contribution in [0.1, 0.15) is 22.2 Å². The zero-order valence-corrected chi connectivity index (χ0v) is 11.5. The van der Waals surface area contributed by atoms with Crippen molar-refractivity contribution in [1.29, 1.82) is 0 Å². The number of halogens is 2. The van der Waals surface area contributed by atoms with Gasteiger partial charge < -0.3 is 9.64 Å². The first-order valence-corrected chi connectivity index (χ1v) is 6.61. The van der Waals surface area contributed by atoms with Crippen molar-refractivity contribution in [3.05, 3.63) is 40.4 Å². The summed E-state index contributed by atoms with van der Waals surface area (Å²) in [5.41, 5.74) is -0.0465. The molecule has 3 rings (SSSR count). The van der Waals surface area contributed by atoms with Gasteiger partial charge in [0.2, 0.25) is 0 Å². The first-order chi connectivity index (χ1) is 10.2. The van der Waals surface area contributed by atoms with Gasteiger partial charge in [0.1, 0.15) is 11.9 Å². The summed E-state index contributed by atoms with van der Waals surface area (Å²) in [6, 6.07) is 3.45. The van der Waals surface area contributed by atoms with Crippen LogP contribution in [0.15, 0.2) is 18.2 Å². The molecule has 1 aliphatic rings. The lowest BCUT2D eigenvalue weighted by Gasteiger charge is -2.33. The maximum absolute atomic E-state index is 13.9. The number of morpholine rings is 1. The third-order valence-electron chi connectivity index (χ3n) is 3.21. The number of nitrogens with one attached hydrogen (secondary N) is 1. The minimum atomic E-state index is -0.661. The van der Waals surface area contributed by atoms with Crippen molar-refractivity contribution in [2.45, 2.75) is 6.04 Å². The van der Waals surface area contributed by atoms with Gasteiger partial charge in [-0.15, -0.1) is 10.2 Å². The molecule has 1 amide bonds. The second-order valence-electron chi connectivity index (χ2n) is 4.48. The van der Waals surface area contributed by atoms with E-state index in [4.69, 9.17) is 16.3 Å². The largest absolute Gasteiger partial charge is 0.377 e. The molecule has 21 heavy (non-hydrogen) atoms. The summed E-state index contributed by atoms with van der Waals surface area (Å²) in [4.78, 5) is 14.0. The Bertz CT molecular complexity index is 651. The Morgan fingerprint density at radius 1 is 1.52 bits per heavy atom. The Labute approximate surface area is 124 Å². The Morgan fingerprint density at radius 2 is 2.38 bits per heavy atom. The molecule has 0 saturated carbocycles. The van der Waals surface area contributed by atoms with Gasteiger partial charge in [0.25, 0.3) is 5.91 Å². The molecule has 1 N–H and O–H groups in total. The topological polar surface area (TPSA) is 84.0 Å². The molecule has 1 aliphatic heterocycles. The van der Waals surface area contributed by atoms with Crippen LogP contribution in [0.2, 0.25) is 5.02 Å². The van der Waals surface area contributed by atoms with Crippen LogP contribution in [-0.2, 0) is 4.74 Å². The molecule has 0 bridgehead atoms. The van der Waals surface area contributed by atoms with Crippen LogP contribution < -0.4 is 0 Å². The molecule has 0 spiro atoms. The molecule has 0 radical (unpaired) electrons. The van der Waals surface area contributed by atoms with Crippen LogP contribution in [0, 0.1) is 5.82 Å². The van der Waals surface area contributed by atoms with E-state index in [-0.39, 0.29) is 17.2 Å². The van der Waals surface area contributed by atoms with Crippen molar-refractivity contribution in [2.24, 2.45) is 0 Å². The fourth-order valence-corrected chi connectivity index (χ4v) is 2.35. The smallest absolute Gasteiger partial charge is 0.257 e. The SMILES string of the molecule is O=C(c1ccc(Cl)cc1F)N1CCOC[C@H]1c1nn[nH]n1. The molecule has 1 fully saturated rings. The second-order valence-corrected chi connectivity index (χ2v) is 4.92. The van der Waals surface area contributed by atoms with Gasteiger partial charge in [-0.3, -0.25) is 4.79 Å². The highest BCUT2D eigenvalue weighted by Crippen LogP contribution is 2.24. The number of benzene rings is 1. The Balaban J connectivity index is 1.91. The Morgan fingerprint density at radius 3 is 3.10 bits per heavy atom. The van der Waals surface area contributed by atoms with Gasteiger partial charge in [-0.05, 0) is 18.2 Å². The van der Waals surface area contributed by atoms with Crippen LogP contribution >= 0.6 is 11.6 Å². The highest BCUT2D eigenvalue weighted by atomic mass is 35.5. The Hall–Kier alpha value is -2.06. The number of carbonyl (C=O) groups is 1. The third kappa shape index (κ3) is 2.72. The first-order valence-electron chi connectivity index (χ1n) is 6.24. The maximum atomic E-state index is 13.9. The van der Waals surface area contributed by atoms with Gasteiger partial charge in [-0.1, -0.05) is 16.8 Å². The zero-order chi connectivity index (χ0) is 14.8. The van der Waals surface area contributed by atoms with E-state index in [1.54, 1.807) is 0 Å². The molecule has 1 saturated heterocycles. The minimum absolute atomic E-state index is 0.0465. The average molecular weight is 312 g/mol. The summed E-state index contributed by atoms with van der Waals surface area (Å²) < 4.78 is 19.3. The van der Waals surface area contributed by atoms with Crippen LogP contribution in [0.5, 0.6) is 0 Å². The monoisotopic (exact) mass is 311 g/mol. The van der Waals surface area contributed by atoms with Crippen molar-refractivity contribution in [3.63, 3.8) is 0 Å². The van der Waals surface area contributed by atoms with Gasteiger partial charge in [0.05, 0.1) is 18.8 Å². The number of carbonyl (C=O) groups excluding carboxylic acids is 1. The predicted molar refractivity (Wildman–Crippen MR) is 70.2 cm³/mol. The molecular weight excluding hydrogens is 301 g/mol. The second kappa shape index (κ2) is 5.74. The van der Waals surface area contributed by atoms with E-state index < -0.39 is 17.8 Å². The summed E-state index contributed by atoms with van der Waals surface area (Å²) in [5, 5.41) is 13.8. The number of ether oxygens (including phenoxy) is 1. The zero-order valence-electron chi connectivity index (χ0n) is 10.8. The first kappa shape index (κ1) is 13.9. The van der Waals surface area contributed by atoms with E-state index in [0.717, 1.165) is 6.07 Å². The van der Waals surface area contributed by atoms with E-state index in [0.29, 0.717) is 19.0 Å². The van der Waals surface area contributed by atoms with E-state index in [9.17, 15) is 9.18 Å². The van der Waals surface area contributed by atoms with E-state index in [1.807, 2.05) is 0 Å². The van der Waals surface area contributed by atoms with Crippen molar-refractivity contribution in [3.8, 4) is 0 Å². The molecule has 0 aliphatic carbocycles. The number of hydrogen-bond acceptors (Lipinski definition) is 5. The number of tetrazole rings is 1. The van der Waals surface area contributed by atoms with Crippen molar-refractivity contribution < 1.29 is 13.9 Å². The van der Waals surface area contributed by atoms with Crippen molar-refractivity contribution in [2.75, 3.05) is 19.8 Å². The third-order valence-corrected chi connectivity index (χ3v) is 3.45. The van der Waals surface area contributed by atoms with E-state index in [2.05, 4.69) is 20.6 Å². The molecular formula is C12H11ClFN5O2. The summed E-state index contributed by atoms with van der Waals surface area (Å²) in [6.07, 6.45) is 0. The average Bonchev–Trinajstić information content (AvgIpc) is 3.01. The van der Waals surface area contributed by atoms with Crippen LogP contribution in [0.3, 0.4) is 0 Å². The normalized spacial score (nSPS) is 18.8. The number of rotatable bonds is 2. The standard InChI is InChI=1S/C12H11ClFN5O2/c13-7-1-2-8(9(14)5-7)12(20)19-3-4-21-6-10(19)11-15-17-18-16-11/h1-2,5,10H,3-4,6H2,(H,15,16,17,18)/t10-/m0/s1. The quantitative estimate of drug-likeness (QED) is 0.901. The molecule has 110 valence electrons. The summed E-state index contributed by atoms with van der Waals surface area (Å²) in [7, 11) is 0. The lowest BCUT2D eigenvalue weighted by Crippen LogP contribution is -2.44. The van der Waals surface area contributed by atoms with Gasteiger partial charge in [-0.25, -0.2) is 4.39 Å². The molecule has 7 nitrogen and oxygen atoms in total. The molecule has 0 unspecified atom stereocenters. The van der Waals surface area contributed by atoms with Gasteiger partial charge in [-0.2, -0.15) is 5.21 Å². The number of H-pyrrole nitrogens is 1. The summed E-state index contributed by atoms with van der Waals surface area (Å²) in [6.45, 7) is 0.926. The number of hydrogen-bond donors (Lipinski definition) is 1. The fraction of sp³-hybridized carbons (Fsp3) is 0.333. The van der Waals surface area contributed by atoms with Crippen molar-refractivity contribution >= 4 is 17.5 Å². The van der Waals surface area contributed by atoms with Crippen LogP contribution in [-0.4, -0.2) is 51.2 Å². The minimum Gasteiger partial charge on any atom is -0.377 e. The number of aromatic nitrogens is 4. The molecule has 1 aromatic carbocycles. The fourth-order valence-electron chi connectivity index (χ4n) is 2.19.